The number of nitrogens with zero attached hydrogens (tertiary/aromatic N) is 2. The summed E-state index contributed by atoms with van der Waals surface area (Å²) in [4.78, 5) is 28.3. The lowest BCUT2D eigenvalue weighted by Crippen LogP contribution is -2.27. The number of nitrogens with one attached hydrogen (secondary N) is 2. The first-order valence-electron chi connectivity index (χ1n) is 9.75. The number of halogens is 2. The molecule has 0 saturated carbocycles. The van der Waals surface area contributed by atoms with Crippen LogP contribution in [0.3, 0.4) is 0 Å². The highest BCUT2D eigenvalue weighted by Crippen LogP contribution is 2.24. The van der Waals surface area contributed by atoms with Crippen LogP contribution < -0.4 is 10.6 Å². The van der Waals surface area contributed by atoms with Crippen molar-refractivity contribution >= 4 is 28.4 Å². The number of aromatic nitrogens is 2. The van der Waals surface area contributed by atoms with Crippen LogP contribution in [0.2, 0.25) is 0 Å². The lowest BCUT2D eigenvalue weighted by atomic mass is 10.1. The van der Waals surface area contributed by atoms with Crippen LogP contribution in [0.15, 0.2) is 42.7 Å². The van der Waals surface area contributed by atoms with E-state index in [1.54, 1.807) is 26.0 Å². The van der Waals surface area contributed by atoms with Crippen molar-refractivity contribution in [1.29, 1.82) is 0 Å². The van der Waals surface area contributed by atoms with Gasteiger partial charge in [0.05, 0.1) is 5.56 Å². The van der Waals surface area contributed by atoms with Crippen LogP contribution in [-0.2, 0) is 17.9 Å². The Balaban J connectivity index is 1.84. The van der Waals surface area contributed by atoms with Gasteiger partial charge in [-0.2, -0.15) is 0 Å². The molecule has 0 aliphatic carbocycles. The normalized spacial score (nSPS) is 11.3. The van der Waals surface area contributed by atoms with Crippen molar-refractivity contribution in [3.8, 4) is 0 Å². The summed E-state index contributed by atoms with van der Waals surface area (Å²) in [5, 5.41) is 6.30. The van der Waals surface area contributed by atoms with Gasteiger partial charge in [0.25, 0.3) is 12.3 Å². The number of carbonyl (C=O) groups is 2. The highest BCUT2D eigenvalue weighted by Gasteiger charge is 2.21. The first-order valence-corrected chi connectivity index (χ1v) is 9.75. The van der Waals surface area contributed by atoms with E-state index in [1.165, 1.54) is 12.3 Å². The summed E-state index contributed by atoms with van der Waals surface area (Å²) in [7, 11) is 0. The number of alkyl halides is 2. The fraction of sp³-hybridized carbons (Fsp3) is 0.318. The van der Waals surface area contributed by atoms with Gasteiger partial charge < -0.3 is 15.2 Å². The topological polar surface area (TPSA) is 76.0 Å². The van der Waals surface area contributed by atoms with E-state index in [0.29, 0.717) is 11.3 Å². The highest BCUT2D eigenvalue weighted by atomic mass is 19.3. The second-order valence-corrected chi connectivity index (χ2v) is 7.28. The Morgan fingerprint density at radius 2 is 1.93 bits per heavy atom. The average molecular weight is 414 g/mol. The molecular formula is C22H24F2N4O2. The molecule has 2 aromatic heterocycles. The monoisotopic (exact) mass is 414 g/mol. The molecule has 0 spiro atoms. The van der Waals surface area contributed by atoms with Gasteiger partial charge in [0.2, 0.25) is 5.91 Å². The van der Waals surface area contributed by atoms with Gasteiger partial charge in [-0.3, -0.25) is 14.6 Å². The molecule has 3 aromatic rings. The van der Waals surface area contributed by atoms with E-state index in [9.17, 15) is 18.4 Å². The molecule has 30 heavy (non-hydrogen) atoms. The second kappa shape index (κ2) is 9.02. The molecule has 0 atom stereocenters. The zero-order chi connectivity index (χ0) is 21.8. The summed E-state index contributed by atoms with van der Waals surface area (Å²) >= 11 is 0. The predicted molar refractivity (Wildman–Crippen MR) is 111 cm³/mol. The number of hydrogen-bond donors (Lipinski definition) is 2. The average Bonchev–Trinajstić information content (AvgIpc) is 3.13. The molecule has 2 N–H and O–H groups in total. The number of rotatable bonds is 7. The Kier molecular flexibility index (Phi) is 6.44. The SMILES string of the molecule is CCn1ccc2cc(NC(=O)c3cc(CNC(=O)C(C)C)cnc3C(F)F)ccc21. The van der Waals surface area contributed by atoms with Gasteiger partial charge in [-0.15, -0.1) is 0 Å². The quantitative estimate of drug-likeness (QED) is 0.597. The predicted octanol–water partition coefficient (Wildman–Crippen LogP) is 4.52. The molecule has 0 unspecified atom stereocenters. The van der Waals surface area contributed by atoms with Crippen molar-refractivity contribution in [2.24, 2.45) is 5.92 Å². The van der Waals surface area contributed by atoms with Crippen LogP contribution in [0.1, 0.15) is 48.8 Å². The second-order valence-electron chi connectivity index (χ2n) is 7.28. The Morgan fingerprint density at radius 3 is 2.60 bits per heavy atom. The molecule has 1 aromatic carbocycles. The van der Waals surface area contributed by atoms with E-state index in [2.05, 4.69) is 20.2 Å². The molecule has 0 aliphatic heterocycles. The first kappa shape index (κ1) is 21.4. The van der Waals surface area contributed by atoms with E-state index in [1.807, 2.05) is 25.3 Å². The molecule has 3 rings (SSSR count). The van der Waals surface area contributed by atoms with E-state index < -0.39 is 18.0 Å². The Bertz CT molecular complexity index is 1080. The molecule has 2 amide bonds. The summed E-state index contributed by atoms with van der Waals surface area (Å²) in [6, 6.07) is 8.67. The minimum absolute atomic E-state index is 0.101. The van der Waals surface area contributed by atoms with Gasteiger partial charge in [0.1, 0.15) is 5.69 Å². The van der Waals surface area contributed by atoms with Gasteiger partial charge in [-0.1, -0.05) is 13.8 Å². The first-order chi connectivity index (χ1) is 14.3. The number of amides is 2. The van der Waals surface area contributed by atoms with Gasteiger partial charge in [-0.05, 0) is 42.8 Å². The van der Waals surface area contributed by atoms with Gasteiger partial charge in [0.15, 0.2) is 0 Å². The summed E-state index contributed by atoms with van der Waals surface area (Å²) in [5.74, 6) is -1.06. The molecule has 8 heteroatoms. The van der Waals surface area contributed by atoms with Crippen molar-refractivity contribution in [3.05, 3.63) is 59.5 Å². The van der Waals surface area contributed by atoms with Crippen molar-refractivity contribution in [3.63, 3.8) is 0 Å². The molecule has 158 valence electrons. The van der Waals surface area contributed by atoms with E-state index in [4.69, 9.17) is 0 Å². The van der Waals surface area contributed by atoms with Gasteiger partial charge in [-0.25, -0.2) is 8.78 Å². The smallest absolute Gasteiger partial charge is 0.281 e. The largest absolute Gasteiger partial charge is 0.352 e. The molecular weight excluding hydrogens is 390 g/mol. The highest BCUT2D eigenvalue weighted by molar-refractivity contribution is 6.06. The number of hydrogen-bond acceptors (Lipinski definition) is 3. The number of carbonyl (C=O) groups excluding carboxylic acids is 2. The zero-order valence-corrected chi connectivity index (χ0v) is 17.1. The number of aryl methyl sites for hydroxylation is 1. The molecule has 0 radical (unpaired) electrons. The molecule has 6 nitrogen and oxygen atoms in total. The van der Waals surface area contributed by atoms with Crippen LogP contribution in [0, 0.1) is 5.92 Å². The maximum atomic E-state index is 13.4. The molecule has 0 saturated heterocycles. The Morgan fingerprint density at radius 1 is 1.17 bits per heavy atom. The molecule has 2 heterocycles. The van der Waals surface area contributed by atoms with Crippen LogP contribution in [0.25, 0.3) is 10.9 Å². The Labute approximate surface area is 173 Å². The van der Waals surface area contributed by atoms with E-state index >= 15 is 0 Å². The zero-order valence-electron chi connectivity index (χ0n) is 17.1. The third kappa shape index (κ3) is 4.64. The molecule has 0 bridgehead atoms. The number of fused-ring (bicyclic) bond motifs is 1. The van der Waals surface area contributed by atoms with Crippen molar-refractivity contribution in [2.45, 2.75) is 40.3 Å². The number of anilines is 1. The summed E-state index contributed by atoms with van der Waals surface area (Å²) in [6.45, 7) is 6.45. The van der Waals surface area contributed by atoms with Crippen molar-refractivity contribution < 1.29 is 18.4 Å². The van der Waals surface area contributed by atoms with Crippen LogP contribution in [-0.4, -0.2) is 21.4 Å². The summed E-state index contributed by atoms with van der Waals surface area (Å²) in [6.07, 6.45) is 0.300. The van der Waals surface area contributed by atoms with Crippen molar-refractivity contribution in [1.82, 2.24) is 14.9 Å². The number of pyridine rings is 1. The van der Waals surface area contributed by atoms with E-state index in [0.717, 1.165) is 17.4 Å². The lowest BCUT2D eigenvalue weighted by Gasteiger charge is -2.12. The third-order valence-electron chi connectivity index (χ3n) is 4.79. The summed E-state index contributed by atoms with van der Waals surface area (Å²) in [5.41, 5.74) is 1.18. The summed E-state index contributed by atoms with van der Waals surface area (Å²) < 4.78 is 28.9. The van der Waals surface area contributed by atoms with Crippen molar-refractivity contribution in [2.75, 3.05) is 5.32 Å². The number of benzene rings is 1. The van der Waals surface area contributed by atoms with E-state index in [-0.39, 0.29) is 23.9 Å². The standard InChI is InChI=1S/C22H24F2N4O2/c1-4-28-8-7-15-10-16(5-6-18(15)28)27-22(30)17-9-14(11-25-19(17)20(23)24)12-26-21(29)13(2)3/h5-11,13,20H,4,12H2,1-3H3,(H,26,29)(H,27,30). The fourth-order valence-electron chi connectivity index (χ4n) is 3.12. The van der Waals surface area contributed by atoms with Crippen LogP contribution >= 0.6 is 0 Å². The minimum atomic E-state index is -2.90. The molecule has 0 aliphatic rings. The third-order valence-corrected chi connectivity index (χ3v) is 4.79. The maximum Gasteiger partial charge on any atom is 0.281 e. The molecule has 0 fully saturated rings. The van der Waals surface area contributed by atoms with Gasteiger partial charge in [0, 0.05) is 48.0 Å². The van der Waals surface area contributed by atoms with Gasteiger partial charge >= 0.3 is 0 Å². The maximum absolute atomic E-state index is 13.4. The minimum Gasteiger partial charge on any atom is -0.352 e. The van der Waals surface area contributed by atoms with Crippen LogP contribution in [0.5, 0.6) is 0 Å². The van der Waals surface area contributed by atoms with Crippen LogP contribution in [0.4, 0.5) is 14.5 Å². The fourth-order valence-corrected chi connectivity index (χ4v) is 3.12. The lowest BCUT2D eigenvalue weighted by molar-refractivity contribution is -0.124. The Hall–Kier alpha value is -3.29.